The molecule has 142 valence electrons. The van der Waals surface area contributed by atoms with Gasteiger partial charge in [-0.3, -0.25) is 9.79 Å². The number of fused-ring (bicyclic) bond motifs is 1. The van der Waals surface area contributed by atoms with Gasteiger partial charge in [0.25, 0.3) is 0 Å². The molecule has 2 N–H and O–H groups in total. The van der Waals surface area contributed by atoms with Crippen LogP contribution in [-0.2, 0) is 4.79 Å². The monoisotopic (exact) mass is 348 g/mol. The molecule has 1 saturated heterocycles. The Labute approximate surface area is 153 Å². The molecule has 2 saturated carbocycles. The molecule has 1 aliphatic heterocycles. The number of amides is 1. The van der Waals surface area contributed by atoms with Gasteiger partial charge < -0.3 is 15.5 Å². The number of hydrogen-bond donors (Lipinski definition) is 2. The van der Waals surface area contributed by atoms with Gasteiger partial charge in [0.15, 0.2) is 5.96 Å². The third kappa shape index (κ3) is 5.35. The fourth-order valence-electron chi connectivity index (χ4n) is 5.01. The maximum absolute atomic E-state index is 12.1. The molecule has 1 heterocycles. The number of nitrogens with zero attached hydrogens (tertiary/aromatic N) is 2. The van der Waals surface area contributed by atoms with Gasteiger partial charge in [0.05, 0.1) is 0 Å². The Kier molecular flexibility index (Phi) is 7.00. The van der Waals surface area contributed by atoms with Crippen LogP contribution in [0.5, 0.6) is 0 Å². The van der Waals surface area contributed by atoms with Gasteiger partial charge in [-0.25, -0.2) is 0 Å². The fourth-order valence-corrected chi connectivity index (χ4v) is 5.01. The number of nitrogens with one attached hydrogen (secondary N) is 2. The first-order chi connectivity index (χ1) is 12.3. The van der Waals surface area contributed by atoms with Crippen LogP contribution in [0, 0.1) is 17.8 Å². The summed E-state index contributed by atoms with van der Waals surface area (Å²) in [5.74, 6) is 3.57. The zero-order valence-corrected chi connectivity index (χ0v) is 15.9. The molecular formula is C20H36N4O. The van der Waals surface area contributed by atoms with E-state index in [1.807, 2.05) is 7.05 Å². The summed E-state index contributed by atoms with van der Waals surface area (Å²) in [7, 11) is 1.87. The van der Waals surface area contributed by atoms with E-state index >= 15 is 0 Å². The van der Waals surface area contributed by atoms with Crippen molar-refractivity contribution in [2.75, 3.05) is 33.2 Å². The molecular weight excluding hydrogens is 312 g/mol. The van der Waals surface area contributed by atoms with Crippen LogP contribution in [0.1, 0.15) is 64.2 Å². The van der Waals surface area contributed by atoms with E-state index in [1.54, 1.807) is 0 Å². The molecule has 25 heavy (non-hydrogen) atoms. The summed E-state index contributed by atoms with van der Waals surface area (Å²) in [5.41, 5.74) is 0. The minimum Gasteiger partial charge on any atom is -0.354 e. The molecule has 0 radical (unpaired) electrons. The van der Waals surface area contributed by atoms with Crippen LogP contribution in [0.15, 0.2) is 4.99 Å². The summed E-state index contributed by atoms with van der Waals surface area (Å²) in [5, 5.41) is 6.52. The lowest BCUT2D eigenvalue weighted by atomic mass is 9.82. The highest BCUT2D eigenvalue weighted by molar-refractivity contribution is 5.80. The molecule has 3 rings (SSSR count). The normalized spacial score (nSPS) is 27.9. The summed E-state index contributed by atoms with van der Waals surface area (Å²) in [6.07, 6.45) is 12.7. The lowest BCUT2D eigenvalue weighted by Gasteiger charge is -2.22. The van der Waals surface area contributed by atoms with Gasteiger partial charge in [0.1, 0.15) is 0 Å². The van der Waals surface area contributed by atoms with E-state index in [0.29, 0.717) is 18.9 Å². The lowest BCUT2D eigenvalue weighted by molar-refractivity contribution is -0.122. The highest BCUT2D eigenvalue weighted by Gasteiger charge is 2.35. The van der Waals surface area contributed by atoms with Gasteiger partial charge in [-0.1, -0.05) is 32.1 Å². The predicted octanol–water partition coefficient (Wildman–Crippen LogP) is 2.77. The van der Waals surface area contributed by atoms with E-state index < -0.39 is 0 Å². The second-order valence-electron chi connectivity index (χ2n) is 8.24. The Morgan fingerprint density at radius 2 is 1.52 bits per heavy atom. The first kappa shape index (κ1) is 18.5. The molecule has 0 aromatic rings. The van der Waals surface area contributed by atoms with Crippen molar-refractivity contribution in [2.45, 2.75) is 64.2 Å². The van der Waals surface area contributed by atoms with Crippen molar-refractivity contribution in [1.82, 2.24) is 15.5 Å². The molecule has 5 nitrogen and oxygen atoms in total. The van der Waals surface area contributed by atoms with Gasteiger partial charge in [-0.2, -0.15) is 0 Å². The van der Waals surface area contributed by atoms with Crippen molar-refractivity contribution in [3.63, 3.8) is 0 Å². The van der Waals surface area contributed by atoms with E-state index in [0.717, 1.165) is 37.4 Å². The molecule has 0 spiro atoms. The summed E-state index contributed by atoms with van der Waals surface area (Å²) >= 11 is 0. The van der Waals surface area contributed by atoms with Crippen LogP contribution < -0.4 is 10.6 Å². The summed E-state index contributed by atoms with van der Waals surface area (Å²) < 4.78 is 0. The summed E-state index contributed by atoms with van der Waals surface area (Å²) in [4.78, 5) is 19.0. The molecule has 0 aromatic carbocycles. The Morgan fingerprint density at radius 1 is 0.920 bits per heavy atom. The van der Waals surface area contributed by atoms with E-state index in [2.05, 4.69) is 20.5 Å². The molecule has 2 atom stereocenters. The van der Waals surface area contributed by atoms with Gasteiger partial charge in [-0.15, -0.1) is 0 Å². The Balaban J connectivity index is 1.32. The second-order valence-corrected chi connectivity index (χ2v) is 8.24. The number of carbonyl (C=O) groups is 1. The zero-order valence-electron chi connectivity index (χ0n) is 15.9. The van der Waals surface area contributed by atoms with Crippen LogP contribution in [0.25, 0.3) is 0 Å². The van der Waals surface area contributed by atoms with Crippen LogP contribution in [0.4, 0.5) is 0 Å². The molecule has 3 fully saturated rings. The number of likely N-dealkylation sites (tertiary alicyclic amines) is 1. The predicted molar refractivity (Wildman–Crippen MR) is 103 cm³/mol. The average Bonchev–Trinajstić information content (AvgIpc) is 3.06. The van der Waals surface area contributed by atoms with Gasteiger partial charge in [-0.05, 0) is 43.4 Å². The number of hydrogen-bond acceptors (Lipinski definition) is 2. The SMILES string of the molecule is CN=C(NCCNC(=O)CC1CCCCC1)N1CC2CCCCC2C1. The minimum atomic E-state index is 0.218. The molecule has 2 unspecified atom stereocenters. The van der Waals surface area contributed by atoms with Crippen LogP contribution >= 0.6 is 0 Å². The van der Waals surface area contributed by atoms with Crippen molar-refractivity contribution in [1.29, 1.82) is 0 Å². The zero-order chi connectivity index (χ0) is 17.5. The van der Waals surface area contributed by atoms with Crippen molar-refractivity contribution in [3.8, 4) is 0 Å². The third-order valence-corrected chi connectivity index (χ3v) is 6.42. The topological polar surface area (TPSA) is 56.7 Å². The maximum Gasteiger partial charge on any atom is 0.220 e. The minimum absolute atomic E-state index is 0.218. The quantitative estimate of drug-likeness (QED) is 0.456. The molecule has 2 aliphatic carbocycles. The largest absolute Gasteiger partial charge is 0.354 e. The highest BCUT2D eigenvalue weighted by atomic mass is 16.1. The summed E-state index contributed by atoms with van der Waals surface area (Å²) in [6.45, 7) is 3.75. The third-order valence-electron chi connectivity index (χ3n) is 6.42. The van der Waals surface area contributed by atoms with Crippen LogP contribution in [0.2, 0.25) is 0 Å². The fraction of sp³-hybridized carbons (Fsp3) is 0.900. The molecule has 3 aliphatic rings. The summed E-state index contributed by atoms with van der Waals surface area (Å²) in [6, 6.07) is 0. The van der Waals surface area contributed by atoms with Gasteiger partial charge >= 0.3 is 0 Å². The Morgan fingerprint density at radius 3 is 2.16 bits per heavy atom. The smallest absolute Gasteiger partial charge is 0.220 e. The number of guanidine groups is 1. The maximum atomic E-state index is 12.1. The standard InChI is InChI=1S/C20H36N4O/c1-21-20(24-14-17-9-5-6-10-18(17)15-24)23-12-11-22-19(25)13-16-7-3-2-4-8-16/h16-18H,2-15H2,1H3,(H,21,23)(H,22,25). The van der Waals surface area contributed by atoms with Gasteiger partial charge in [0, 0.05) is 39.6 Å². The molecule has 0 bridgehead atoms. The second kappa shape index (κ2) is 9.44. The van der Waals surface area contributed by atoms with Crippen LogP contribution in [0.3, 0.4) is 0 Å². The first-order valence-corrected chi connectivity index (χ1v) is 10.5. The van der Waals surface area contributed by atoms with E-state index in [4.69, 9.17) is 0 Å². The Bertz CT molecular complexity index is 445. The number of aliphatic imine (C=N–C) groups is 1. The first-order valence-electron chi connectivity index (χ1n) is 10.5. The van der Waals surface area contributed by atoms with Crippen molar-refractivity contribution in [2.24, 2.45) is 22.7 Å². The number of rotatable bonds is 5. The van der Waals surface area contributed by atoms with E-state index in [1.165, 1.54) is 57.8 Å². The molecule has 5 heteroatoms. The average molecular weight is 349 g/mol. The van der Waals surface area contributed by atoms with E-state index in [9.17, 15) is 4.79 Å². The van der Waals surface area contributed by atoms with Crippen molar-refractivity contribution >= 4 is 11.9 Å². The van der Waals surface area contributed by atoms with Crippen molar-refractivity contribution in [3.05, 3.63) is 0 Å². The van der Waals surface area contributed by atoms with Crippen LogP contribution in [-0.4, -0.2) is 50.0 Å². The number of carbonyl (C=O) groups excluding carboxylic acids is 1. The van der Waals surface area contributed by atoms with Gasteiger partial charge in [0.2, 0.25) is 5.91 Å². The molecule has 1 amide bonds. The van der Waals surface area contributed by atoms with E-state index in [-0.39, 0.29) is 5.91 Å². The lowest BCUT2D eigenvalue weighted by Crippen LogP contribution is -2.43. The highest BCUT2D eigenvalue weighted by Crippen LogP contribution is 2.35. The molecule has 0 aromatic heterocycles. The Hall–Kier alpha value is -1.26. The van der Waals surface area contributed by atoms with Crippen molar-refractivity contribution < 1.29 is 4.79 Å².